The molecule has 6 heteroatoms. The van der Waals surface area contributed by atoms with Gasteiger partial charge in [0, 0.05) is 6.20 Å². The summed E-state index contributed by atoms with van der Waals surface area (Å²) >= 11 is 0. The Hall–Kier alpha value is -2.73. The van der Waals surface area contributed by atoms with E-state index < -0.39 is 17.4 Å². The summed E-state index contributed by atoms with van der Waals surface area (Å²) in [7, 11) is 0. The van der Waals surface area contributed by atoms with Crippen LogP contribution in [0.4, 0.5) is 5.69 Å². The third-order valence-electron chi connectivity index (χ3n) is 4.17. The second kappa shape index (κ2) is 6.80. The van der Waals surface area contributed by atoms with Crippen LogP contribution < -0.4 is 10.6 Å². The number of aromatic nitrogens is 1. The molecular weight excluding hydrogens is 306 g/mol. The predicted molar refractivity (Wildman–Crippen MR) is 88.9 cm³/mol. The van der Waals surface area contributed by atoms with Crippen molar-refractivity contribution in [3.05, 3.63) is 60.4 Å². The maximum absolute atomic E-state index is 12.0. The van der Waals surface area contributed by atoms with Gasteiger partial charge in [-0.05, 0) is 36.5 Å². The summed E-state index contributed by atoms with van der Waals surface area (Å²) < 4.78 is 0. The van der Waals surface area contributed by atoms with Crippen molar-refractivity contribution in [1.82, 2.24) is 10.3 Å². The first-order valence-electron chi connectivity index (χ1n) is 7.87. The minimum Gasteiger partial charge on any atom is -0.383 e. The smallest absolute Gasteiger partial charge is 0.313 e. The van der Waals surface area contributed by atoms with Crippen LogP contribution in [0.2, 0.25) is 0 Å². The van der Waals surface area contributed by atoms with Crippen molar-refractivity contribution in [3.8, 4) is 0 Å². The number of nitrogens with one attached hydrogen (secondary N) is 2. The van der Waals surface area contributed by atoms with Gasteiger partial charge in [0.05, 0.1) is 18.4 Å². The molecule has 0 radical (unpaired) electrons. The Morgan fingerprint density at radius 2 is 1.88 bits per heavy atom. The van der Waals surface area contributed by atoms with Gasteiger partial charge in [0.25, 0.3) is 0 Å². The van der Waals surface area contributed by atoms with Gasteiger partial charge in [-0.2, -0.15) is 0 Å². The highest BCUT2D eigenvalue weighted by molar-refractivity contribution is 6.39. The minimum absolute atomic E-state index is 0.000965. The molecule has 0 aliphatic heterocycles. The largest absolute Gasteiger partial charge is 0.383 e. The minimum atomic E-state index is -1.15. The molecule has 1 atom stereocenters. The van der Waals surface area contributed by atoms with Crippen LogP contribution in [0.15, 0.2) is 54.9 Å². The molecule has 2 amide bonds. The van der Waals surface area contributed by atoms with E-state index in [4.69, 9.17) is 0 Å². The van der Waals surface area contributed by atoms with Crippen LogP contribution in [0, 0.1) is 5.92 Å². The number of carbonyl (C=O) groups excluding carboxylic acids is 2. The number of carbonyl (C=O) groups is 2. The lowest BCUT2D eigenvalue weighted by atomic mass is 9.88. The van der Waals surface area contributed by atoms with Gasteiger partial charge in [-0.15, -0.1) is 0 Å². The van der Waals surface area contributed by atoms with Crippen LogP contribution in [0.25, 0.3) is 0 Å². The summed E-state index contributed by atoms with van der Waals surface area (Å²) in [6.07, 6.45) is 4.84. The molecule has 1 aromatic heterocycles. The molecule has 0 saturated heterocycles. The van der Waals surface area contributed by atoms with Crippen LogP contribution in [-0.4, -0.2) is 28.4 Å². The zero-order valence-electron chi connectivity index (χ0n) is 13.1. The van der Waals surface area contributed by atoms with Gasteiger partial charge in [-0.3, -0.25) is 14.6 Å². The van der Waals surface area contributed by atoms with Crippen LogP contribution in [0.1, 0.15) is 18.4 Å². The molecule has 1 aromatic carbocycles. The number of hydrogen-bond acceptors (Lipinski definition) is 4. The molecule has 24 heavy (non-hydrogen) atoms. The average molecular weight is 325 g/mol. The number of nitrogens with zero attached hydrogens (tertiary/aromatic N) is 1. The first kappa shape index (κ1) is 16.1. The molecule has 1 aliphatic rings. The maximum atomic E-state index is 12.0. The van der Waals surface area contributed by atoms with E-state index in [-0.39, 0.29) is 12.5 Å². The van der Waals surface area contributed by atoms with E-state index in [0.29, 0.717) is 5.69 Å². The standard InChI is InChI=1S/C18H19N3O3/c22-16(17(23)21-15-7-4-10-19-11-15)20-12-18(24,14-8-9-14)13-5-2-1-3-6-13/h1-7,10-11,14,24H,8-9,12H2,(H,20,22)(H,21,23). The summed E-state index contributed by atoms with van der Waals surface area (Å²) in [5.74, 6) is -1.47. The Bertz CT molecular complexity index is 717. The summed E-state index contributed by atoms with van der Waals surface area (Å²) in [6.45, 7) is 0.000965. The monoisotopic (exact) mass is 325 g/mol. The number of aliphatic hydroxyl groups is 1. The van der Waals surface area contributed by atoms with E-state index in [9.17, 15) is 14.7 Å². The predicted octanol–water partition coefficient (Wildman–Crippen LogP) is 1.43. The topological polar surface area (TPSA) is 91.3 Å². The fraction of sp³-hybridized carbons (Fsp3) is 0.278. The lowest BCUT2D eigenvalue weighted by molar-refractivity contribution is -0.137. The van der Waals surface area contributed by atoms with Crippen molar-refractivity contribution in [3.63, 3.8) is 0 Å². The lowest BCUT2D eigenvalue weighted by Gasteiger charge is -2.29. The Morgan fingerprint density at radius 1 is 1.12 bits per heavy atom. The number of amides is 2. The maximum Gasteiger partial charge on any atom is 0.313 e. The van der Waals surface area contributed by atoms with E-state index in [1.54, 1.807) is 18.3 Å². The quantitative estimate of drug-likeness (QED) is 0.725. The number of anilines is 1. The zero-order chi connectivity index (χ0) is 17.0. The first-order valence-corrected chi connectivity index (χ1v) is 7.87. The summed E-state index contributed by atoms with van der Waals surface area (Å²) in [4.78, 5) is 27.8. The van der Waals surface area contributed by atoms with Crippen molar-refractivity contribution < 1.29 is 14.7 Å². The number of rotatable bonds is 5. The summed E-state index contributed by atoms with van der Waals surface area (Å²) in [5.41, 5.74) is 0.0459. The van der Waals surface area contributed by atoms with E-state index in [1.165, 1.54) is 6.20 Å². The van der Waals surface area contributed by atoms with Gasteiger partial charge in [-0.25, -0.2) is 0 Å². The van der Waals surface area contributed by atoms with Crippen LogP contribution in [0.5, 0.6) is 0 Å². The fourth-order valence-electron chi connectivity index (χ4n) is 2.69. The second-order valence-electron chi connectivity index (χ2n) is 5.94. The highest BCUT2D eigenvalue weighted by Crippen LogP contribution is 2.45. The Labute approximate surface area is 139 Å². The van der Waals surface area contributed by atoms with Crippen LogP contribution in [0.3, 0.4) is 0 Å². The molecule has 0 spiro atoms. The van der Waals surface area contributed by atoms with Crippen molar-refractivity contribution in [2.45, 2.75) is 18.4 Å². The molecule has 2 aromatic rings. The highest BCUT2D eigenvalue weighted by Gasteiger charge is 2.45. The van der Waals surface area contributed by atoms with Gasteiger partial charge < -0.3 is 15.7 Å². The lowest BCUT2D eigenvalue weighted by Crippen LogP contribution is -2.45. The third-order valence-corrected chi connectivity index (χ3v) is 4.17. The third kappa shape index (κ3) is 3.60. The van der Waals surface area contributed by atoms with Gasteiger partial charge in [0.2, 0.25) is 0 Å². The van der Waals surface area contributed by atoms with Crippen molar-refractivity contribution >= 4 is 17.5 Å². The van der Waals surface area contributed by atoms with Crippen molar-refractivity contribution in [1.29, 1.82) is 0 Å². The van der Waals surface area contributed by atoms with E-state index in [0.717, 1.165) is 18.4 Å². The van der Waals surface area contributed by atoms with Gasteiger partial charge >= 0.3 is 11.8 Å². The number of hydrogen-bond donors (Lipinski definition) is 3. The molecule has 1 saturated carbocycles. The molecule has 6 nitrogen and oxygen atoms in total. The fourth-order valence-corrected chi connectivity index (χ4v) is 2.69. The van der Waals surface area contributed by atoms with Gasteiger partial charge in [-0.1, -0.05) is 30.3 Å². The molecule has 124 valence electrons. The molecule has 1 heterocycles. The van der Waals surface area contributed by atoms with Gasteiger partial charge in [0.15, 0.2) is 0 Å². The highest BCUT2D eigenvalue weighted by atomic mass is 16.3. The first-order chi connectivity index (χ1) is 11.6. The Morgan fingerprint density at radius 3 is 2.50 bits per heavy atom. The van der Waals surface area contributed by atoms with Crippen molar-refractivity contribution in [2.75, 3.05) is 11.9 Å². The molecular formula is C18H19N3O3. The Balaban J connectivity index is 1.63. The number of pyridine rings is 1. The Kier molecular flexibility index (Phi) is 4.57. The van der Waals surface area contributed by atoms with E-state index in [1.807, 2.05) is 30.3 Å². The summed E-state index contributed by atoms with van der Waals surface area (Å²) in [5, 5.41) is 16.0. The zero-order valence-corrected chi connectivity index (χ0v) is 13.1. The van der Waals surface area contributed by atoms with Crippen LogP contribution >= 0.6 is 0 Å². The van der Waals surface area contributed by atoms with Crippen molar-refractivity contribution in [2.24, 2.45) is 5.92 Å². The van der Waals surface area contributed by atoms with Crippen LogP contribution in [-0.2, 0) is 15.2 Å². The molecule has 1 unspecified atom stereocenters. The molecule has 0 bridgehead atoms. The number of benzene rings is 1. The molecule has 3 rings (SSSR count). The second-order valence-corrected chi connectivity index (χ2v) is 5.94. The molecule has 3 N–H and O–H groups in total. The van der Waals surface area contributed by atoms with E-state index in [2.05, 4.69) is 15.6 Å². The summed E-state index contributed by atoms with van der Waals surface area (Å²) in [6, 6.07) is 12.5. The molecule has 1 aliphatic carbocycles. The normalized spacial score (nSPS) is 16.0. The SMILES string of the molecule is O=C(NCC(O)(c1ccccc1)C1CC1)C(=O)Nc1cccnc1. The van der Waals surface area contributed by atoms with E-state index >= 15 is 0 Å². The average Bonchev–Trinajstić information content (AvgIpc) is 3.46. The molecule has 1 fully saturated rings. The van der Waals surface area contributed by atoms with Gasteiger partial charge in [0.1, 0.15) is 5.60 Å².